The lowest BCUT2D eigenvalue weighted by Crippen LogP contribution is -2.52. The Morgan fingerprint density at radius 3 is 2.79 bits per heavy atom. The molecule has 1 fully saturated rings. The summed E-state index contributed by atoms with van der Waals surface area (Å²) in [6, 6.07) is 9.25. The number of benzene rings is 2. The summed E-state index contributed by atoms with van der Waals surface area (Å²) in [7, 11) is 0. The van der Waals surface area contributed by atoms with Crippen LogP contribution in [0, 0.1) is 21.8 Å². The zero-order valence-corrected chi connectivity index (χ0v) is 16.3. The van der Waals surface area contributed by atoms with Crippen LogP contribution in [0.15, 0.2) is 36.4 Å². The highest BCUT2D eigenvalue weighted by Crippen LogP contribution is 2.35. The molecule has 0 saturated carbocycles. The molecule has 5 rings (SSSR count). The molecule has 0 unspecified atom stereocenters. The van der Waals surface area contributed by atoms with Crippen molar-refractivity contribution in [2.24, 2.45) is 5.92 Å². The van der Waals surface area contributed by atoms with Gasteiger partial charge in [0.15, 0.2) is 10.3 Å². The fraction of sp³-hybridized carbons (Fsp3) is 0.167. The van der Waals surface area contributed by atoms with E-state index in [2.05, 4.69) is 15.3 Å². The van der Waals surface area contributed by atoms with Gasteiger partial charge in [-0.05, 0) is 18.2 Å². The number of nitro groups is 1. The normalized spacial score (nSPS) is 14.3. The molecule has 3 heterocycles. The van der Waals surface area contributed by atoms with Gasteiger partial charge in [-0.1, -0.05) is 28.7 Å². The van der Waals surface area contributed by atoms with Crippen LogP contribution in [0.3, 0.4) is 0 Å². The summed E-state index contributed by atoms with van der Waals surface area (Å²) >= 11 is 2.60. The molecule has 2 aromatic heterocycles. The molecular weight excluding hydrogens is 417 g/mol. The van der Waals surface area contributed by atoms with Crippen molar-refractivity contribution in [1.29, 1.82) is 0 Å². The quantitative estimate of drug-likeness (QED) is 0.388. The van der Waals surface area contributed by atoms with Crippen LogP contribution in [0.4, 0.5) is 20.3 Å². The Morgan fingerprint density at radius 2 is 2.03 bits per heavy atom. The maximum atomic E-state index is 13.8. The van der Waals surface area contributed by atoms with Crippen molar-refractivity contribution in [3.05, 3.63) is 52.3 Å². The monoisotopic (exact) mass is 429 g/mol. The van der Waals surface area contributed by atoms with E-state index in [-0.39, 0.29) is 23.3 Å². The van der Waals surface area contributed by atoms with Gasteiger partial charge < -0.3 is 10.2 Å². The summed E-state index contributed by atoms with van der Waals surface area (Å²) in [5, 5.41) is 14.8. The Bertz CT molecular complexity index is 1280. The molecule has 29 heavy (non-hydrogen) atoms. The second kappa shape index (κ2) is 6.71. The van der Waals surface area contributed by atoms with E-state index >= 15 is 0 Å². The number of nitrogens with one attached hydrogen (secondary N) is 1. The summed E-state index contributed by atoms with van der Waals surface area (Å²) in [5.41, 5.74) is 0.938. The van der Waals surface area contributed by atoms with E-state index in [4.69, 9.17) is 0 Å². The van der Waals surface area contributed by atoms with Crippen molar-refractivity contribution in [1.82, 2.24) is 9.97 Å². The van der Waals surface area contributed by atoms with Crippen molar-refractivity contribution in [2.75, 3.05) is 23.3 Å². The lowest BCUT2D eigenvalue weighted by Gasteiger charge is -2.37. The van der Waals surface area contributed by atoms with Crippen LogP contribution in [0.1, 0.15) is 0 Å². The molecular formula is C18H12FN5O3S2. The first-order valence-electron chi connectivity index (χ1n) is 8.64. The first-order chi connectivity index (χ1) is 14.0. The molecule has 4 aromatic rings. The molecule has 0 aliphatic carbocycles. The number of amides is 1. The number of aromatic nitrogens is 2. The van der Waals surface area contributed by atoms with Crippen molar-refractivity contribution < 1.29 is 14.1 Å². The molecule has 146 valence electrons. The van der Waals surface area contributed by atoms with Crippen LogP contribution in [0.25, 0.3) is 20.4 Å². The predicted octanol–water partition coefficient (Wildman–Crippen LogP) is 4.03. The van der Waals surface area contributed by atoms with Crippen LogP contribution in [-0.4, -0.2) is 33.9 Å². The largest absolute Gasteiger partial charge is 0.346 e. The third kappa shape index (κ3) is 3.17. The Hall–Kier alpha value is -3.18. The molecule has 11 heteroatoms. The lowest BCUT2D eigenvalue weighted by molar-refractivity contribution is -0.384. The molecule has 1 aliphatic rings. The standard InChI is InChI=1S/C18H12FN5O3S2/c19-11-2-1-3-13-15(11)21-18(29-13)23-7-9(8-23)16(25)22-17-20-12-5-4-10(24(26)27)6-14(12)28-17/h1-6,9H,7-8H2,(H,20,22,25). The fourth-order valence-corrected chi connectivity index (χ4v) is 5.03. The number of hydrogen-bond donors (Lipinski definition) is 1. The number of thiazole rings is 2. The van der Waals surface area contributed by atoms with Crippen LogP contribution >= 0.6 is 22.7 Å². The predicted molar refractivity (Wildman–Crippen MR) is 110 cm³/mol. The number of nitrogens with zero attached hydrogens (tertiary/aromatic N) is 4. The van der Waals surface area contributed by atoms with Crippen LogP contribution in [0.2, 0.25) is 0 Å². The molecule has 8 nitrogen and oxygen atoms in total. The van der Waals surface area contributed by atoms with Gasteiger partial charge in [0.05, 0.1) is 25.8 Å². The number of fused-ring (bicyclic) bond motifs is 2. The third-order valence-corrected chi connectivity index (χ3v) is 6.71. The number of carbonyl (C=O) groups is 1. The van der Waals surface area contributed by atoms with Gasteiger partial charge in [0.1, 0.15) is 11.3 Å². The number of hydrogen-bond acceptors (Lipinski definition) is 8. The molecule has 1 amide bonds. The highest BCUT2D eigenvalue weighted by Gasteiger charge is 2.35. The molecule has 1 N–H and O–H groups in total. The molecule has 1 saturated heterocycles. The third-order valence-electron chi connectivity index (χ3n) is 4.69. The summed E-state index contributed by atoms with van der Waals surface area (Å²) < 4.78 is 15.2. The van der Waals surface area contributed by atoms with E-state index in [9.17, 15) is 19.3 Å². The minimum Gasteiger partial charge on any atom is -0.346 e. The average Bonchev–Trinajstić information content (AvgIpc) is 3.23. The maximum Gasteiger partial charge on any atom is 0.270 e. The Kier molecular flexibility index (Phi) is 4.14. The number of carbonyl (C=O) groups excluding carboxylic acids is 1. The van der Waals surface area contributed by atoms with Gasteiger partial charge in [-0.25, -0.2) is 14.4 Å². The molecule has 0 radical (unpaired) electrons. The molecule has 0 bridgehead atoms. The average molecular weight is 429 g/mol. The number of rotatable bonds is 4. The Balaban J connectivity index is 1.26. The smallest absolute Gasteiger partial charge is 0.270 e. The van der Waals surface area contributed by atoms with Gasteiger partial charge in [-0.15, -0.1) is 0 Å². The van der Waals surface area contributed by atoms with Crippen LogP contribution in [-0.2, 0) is 4.79 Å². The van der Waals surface area contributed by atoms with E-state index in [1.54, 1.807) is 12.1 Å². The van der Waals surface area contributed by atoms with E-state index in [0.717, 1.165) is 4.70 Å². The van der Waals surface area contributed by atoms with Gasteiger partial charge in [-0.3, -0.25) is 14.9 Å². The zero-order valence-electron chi connectivity index (χ0n) is 14.7. The van der Waals surface area contributed by atoms with E-state index in [0.29, 0.717) is 39.1 Å². The fourth-order valence-electron chi connectivity index (χ4n) is 3.13. The van der Waals surface area contributed by atoms with Crippen LogP contribution < -0.4 is 10.2 Å². The van der Waals surface area contributed by atoms with Crippen molar-refractivity contribution in [3.63, 3.8) is 0 Å². The molecule has 0 spiro atoms. The summed E-state index contributed by atoms with van der Waals surface area (Å²) in [4.78, 5) is 33.5. The highest BCUT2D eigenvalue weighted by atomic mass is 32.1. The summed E-state index contributed by atoms with van der Waals surface area (Å²) in [6.45, 7) is 0.979. The summed E-state index contributed by atoms with van der Waals surface area (Å²) in [5.74, 6) is -0.744. The van der Waals surface area contributed by atoms with Crippen molar-refractivity contribution >= 4 is 65.0 Å². The molecule has 1 aliphatic heterocycles. The number of anilines is 2. The van der Waals surface area contributed by atoms with Gasteiger partial charge >= 0.3 is 0 Å². The van der Waals surface area contributed by atoms with E-state index in [1.165, 1.54) is 40.9 Å². The minimum atomic E-state index is -0.464. The van der Waals surface area contributed by atoms with Gasteiger partial charge in [0.2, 0.25) is 5.91 Å². The van der Waals surface area contributed by atoms with Gasteiger partial charge in [0.25, 0.3) is 5.69 Å². The maximum absolute atomic E-state index is 13.8. The number of nitro benzene ring substituents is 1. The first-order valence-corrected chi connectivity index (χ1v) is 10.3. The Morgan fingerprint density at radius 1 is 1.21 bits per heavy atom. The Labute approximate surface area is 170 Å². The number of non-ortho nitro benzene ring substituents is 1. The van der Waals surface area contributed by atoms with Crippen LogP contribution in [0.5, 0.6) is 0 Å². The minimum absolute atomic E-state index is 0.0130. The number of para-hydroxylation sites is 1. The van der Waals surface area contributed by atoms with E-state index < -0.39 is 4.92 Å². The zero-order chi connectivity index (χ0) is 20.1. The second-order valence-corrected chi connectivity index (χ2v) is 8.64. The van der Waals surface area contributed by atoms with Crippen molar-refractivity contribution in [2.45, 2.75) is 0 Å². The van der Waals surface area contributed by atoms with Crippen molar-refractivity contribution in [3.8, 4) is 0 Å². The molecule has 0 atom stereocenters. The first kappa shape index (κ1) is 17.9. The number of halogens is 1. The lowest BCUT2D eigenvalue weighted by atomic mass is 10.0. The molecule has 2 aromatic carbocycles. The second-order valence-electron chi connectivity index (χ2n) is 6.60. The topological polar surface area (TPSA) is 101 Å². The SMILES string of the molecule is O=C(Nc1nc2ccc([N+](=O)[O-])cc2s1)C1CN(c2nc3c(F)cccc3s2)C1. The van der Waals surface area contributed by atoms with E-state index in [1.807, 2.05) is 11.0 Å². The highest BCUT2D eigenvalue weighted by molar-refractivity contribution is 7.22. The van der Waals surface area contributed by atoms with Gasteiger partial charge in [-0.2, -0.15) is 0 Å². The summed E-state index contributed by atoms with van der Waals surface area (Å²) in [6.07, 6.45) is 0. The van der Waals surface area contributed by atoms with Gasteiger partial charge in [0, 0.05) is 25.2 Å².